The lowest BCUT2D eigenvalue weighted by atomic mass is 10.2. The van der Waals surface area contributed by atoms with Gasteiger partial charge >= 0.3 is 0 Å². The number of aromatic nitrogens is 3. The first kappa shape index (κ1) is 13.0. The second kappa shape index (κ2) is 6.44. The molecule has 0 saturated carbocycles. The minimum absolute atomic E-state index is 0.853. The fraction of sp³-hybridized carbons (Fsp3) is 0.462. The second-order valence-electron chi connectivity index (χ2n) is 4.18. The van der Waals surface area contributed by atoms with E-state index in [1.165, 1.54) is 0 Å². The van der Waals surface area contributed by atoms with Gasteiger partial charge in [0.2, 0.25) is 0 Å². The van der Waals surface area contributed by atoms with Gasteiger partial charge in [0, 0.05) is 30.1 Å². The predicted octanol–water partition coefficient (Wildman–Crippen LogP) is 2.85. The maximum atomic E-state index is 4.43. The number of thiazole rings is 1. The molecule has 2 heterocycles. The molecular formula is C13H18N4S. The summed E-state index contributed by atoms with van der Waals surface area (Å²) < 4.78 is 0. The molecule has 0 spiro atoms. The van der Waals surface area contributed by atoms with Crippen molar-refractivity contribution in [3.8, 4) is 0 Å². The van der Waals surface area contributed by atoms with E-state index in [9.17, 15) is 0 Å². The summed E-state index contributed by atoms with van der Waals surface area (Å²) in [6, 6.07) is 2.02. The number of rotatable bonds is 6. The number of nitrogens with one attached hydrogen (secondary N) is 1. The average molecular weight is 262 g/mol. The van der Waals surface area contributed by atoms with Gasteiger partial charge < -0.3 is 5.32 Å². The molecule has 0 aliphatic carbocycles. The van der Waals surface area contributed by atoms with E-state index in [0.29, 0.717) is 0 Å². The number of anilines is 1. The van der Waals surface area contributed by atoms with E-state index in [1.807, 2.05) is 13.0 Å². The van der Waals surface area contributed by atoms with Crippen LogP contribution in [0.2, 0.25) is 0 Å². The third-order valence-corrected chi connectivity index (χ3v) is 3.41. The van der Waals surface area contributed by atoms with Gasteiger partial charge in [0.05, 0.1) is 10.7 Å². The lowest BCUT2D eigenvalue weighted by molar-refractivity contribution is 0.869. The van der Waals surface area contributed by atoms with E-state index >= 15 is 0 Å². The Kier molecular flexibility index (Phi) is 4.64. The summed E-state index contributed by atoms with van der Waals surface area (Å²) in [5.74, 6) is 0.903. The number of hydrogen-bond donors (Lipinski definition) is 1. The molecule has 0 amide bonds. The Hall–Kier alpha value is -1.49. The van der Waals surface area contributed by atoms with Gasteiger partial charge in [-0.3, -0.25) is 0 Å². The number of aryl methyl sites for hydroxylation is 2. The van der Waals surface area contributed by atoms with Crippen molar-refractivity contribution in [2.75, 3.05) is 11.9 Å². The van der Waals surface area contributed by atoms with Crippen molar-refractivity contribution in [2.24, 2.45) is 0 Å². The molecule has 0 aliphatic rings. The Balaban J connectivity index is 1.84. The quantitative estimate of drug-likeness (QED) is 0.869. The third kappa shape index (κ3) is 3.77. The van der Waals surface area contributed by atoms with Crippen LogP contribution in [-0.4, -0.2) is 21.5 Å². The summed E-state index contributed by atoms with van der Waals surface area (Å²) >= 11 is 1.70. The van der Waals surface area contributed by atoms with Crippen LogP contribution in [0.25, 0.3) is 0 Å². The van der Waals surface area contributed by atoms with Crippen molar-refractivity contribution in [3.05, 3.63) is 34.2 Å². The standard InChI is InChI=1S/C13H18N4S/c1-3-4-11-7-13(16-9-15-11)14-6-5-12-8-18-10(2)17-12/h7-9H,3-6H2,1-2H3,(H,14,15,16). The summed E-state index contributed by atoms with van der Waals surface area (Å²) in [5, 5.41) is 6.55. The summed E-state index contributed by atoms with van der Waals surface area (Å²) in [6.07, 6.45) is 4.66. The maximum absolute atomic E-state index is 4.43. The first-order chi connectivity index (χ1) is 8.78. The van der Waals surface area contributed by atoms with E-state index in [0.717, 1.165) is 48.0 Å². The molecule has 0 aliphatic heterocycles. The van der Waals surface area contributed by atoms with Crippen LogP contribution >= 0.6 is 11.3 Å². The molecule has 0 fully saturated rings. The first-order valence-corrected chi connectivity index (χ1v) is 7.11. The van der Waals surface area contributed by atoms with Gasteiger partial charge in [-0.1, -0.05) is 13.3 Å². The maximum Gasteiger partial charge on any atom is 0.129 e. The van der Waals surface area contributed by atoms with E-state index in [1.54, 1.807) is 17.7 Å². The molecule has 0 radical (unpaired) electrons. The average Bonchev–Trinajstić information content (AvgIpc) is 2.76. The molecule has 5 heteroatoms. The Labute approximate surface area is 112 Å². The van der Waals surface area contributed by atoms with Crippen molar-refractivity contribution >= 4 is 17.2 Å². The molecule has 0 atom stereocenters. The highest BCUT2D eigenvalue weighted by molar-refractivity contribution is 7.09. The molecule has 0 unspecified atom stereocenters. The van der Waals surface area contributed by atoms with Gasteiger partial charge in [0.25, 0.3) is 0 Å². The molecule has 2 aromatic rings. The van der Waals surface area contributed by atoms with E-state index < -0.39 is 0 Å². The molecule has 2 rings (SSSR count). The molecular weight excluding hydrogens is 244 g/mol. The van der Waals surface area contributed by atoms with Crippen molar-refractivity contribution in [1.82, 2.24) is 15.0 Å². The topological polar surface area (TPSA) is 50.7 Å². The summed E-state index contributed by atoms with van der Waals surface area (Å²) in [5.41, 5.74) is 2.24. The van der Waals surface area contributed by atoms with Crippen LogP contribution in [0.5, 0.6) is 0 Å². The molecule has 4 nitrogen and oxygen atoms in total. The van der Waals surface area contributed by atoms with Crippen LogP contribution < -0.4 is 5.32 Å². The van der Waals surface area contributed by atoms with Crippen LogP contribution in [-0.2, 0) is 12.8 Å². The largest absolute Gasteiger partial charge is 0.370 e. The van der Waals surface area contributed by atoms with Gasteiger partial charge in [0.15, 0.2) is 0 Å². The summed E-state index contributed by atoms with van der Waals surface area (Å²) in [7, 11) is 0. The summed E-state index contributed by atoms with van der Waals surface area (Å²) in [6.45, 7) is 5.04. The first-order valence-electron chi connectivity index (χ1n) is 6.23. The molecule has 0 bridgehead atoms. The van der Waals surface area contributed by atoms with Gasteiger partial charge in [-0.2, -0.15) is 0 Å². The molecule has 0 saturated heterocycles. The molecule has 18 heavy (non-hydrogen) atoms. The highest BCUT2D eigenvalue weighted by atomic mass is 32.1. The Morgan fingerprint density at radius 3 is 2.83 bits per heavy atom. The van der Waals surface area contributed by atoms with Crippen molar-refractivity contribution in [2.45, 2.75) is 33.1 Å². The Bertz CT molecular complexity index is 495. The highest BCUT2D eigenvalue weighted by Gasteiger charge is 2.00. The zero-order valence-electron chi connectivity index (χ0n) is 10.8. The SMILES string of the molecule is CCCc1cc(NCCc2csc(C)n2)ncn1. The predicted molar refractivity (Wildman–Crippen MR) is 75.1 cm³/mol. The van der Waals surface area contributed by atoms with Crippen LogP contribution in [0.1, 0.15) is 29.7 Å². The fourth-order valence-corrected chi connectivity index (χ4v) is 2.38. The molecule has 96 valence electrons. The second-order valence-corrected chi connectivity index (χ2v) is 5.24. The molecule has 0 aromatic carbocycles. The Morgan fingerprint density at radius 1 is 1.22 bits per heavy atom. The van der Waals surface area contributed by atoms with Crippen LogP contribution in [0.15, 0.2) is 17.8 Å². The van der Waals surface area contributed by atoms with E-state index in [4.69, 9.17) is 0 Å². The van der Waals surface area contributed by atoms with Crippen molar-refractivity contribution in [3.63, 3.8) is 0 Å². The number of hydrogen-bond acceptors (Lipinski definition) is 5. The Morgan fingerprint density at radius 2 is 2.11 bits per heavy atom. The normalized spacial score (nSPS) is 10.6. The van der Waals surface area contributed by atoms with E-state index in [-0.39, 0.29) is 0 Å². The highest BCUT2D eigenvalue weighted by Crippen LogP contribution is 2.09. The van der Waals surface area contributed by atoms with Gasteiger partial charge in [0.1, 0.15) is 12.1 Å². The number of nitrogens with zero attached hydrogens (tertiary/aromatic N) is 3. The van der Waals surface area contributed by atoms with Crippen molar-refractivity contribution in [1.29, 1.82) is 0 Å². The zero-order valence-corrected chi connectivity index (χ0v) is 11.6. The van der Waals surface area contributed by atoms with E-state index in [2.05, 4.69) is 32.6 Å². The fourth-order valence-electron chi connectivity index (χ4n) is 1.73. The van der Waals surface area contributed by atoms with Gasteiger partial charge in [-0.15, -0.1) is 11.3 Å². The zero-order chi connectivity index (χ0) is 12.8. The van der Waals surface area contributed by atoms with Gasteiger partial charge in [-0.25, -0.2) is 15.0 Å². The minimum Gasteiger partial charge on any atom is -0.370 e. The monoisotopic (exact) mass is 262 g/mol. The lowest BCUT2D eigenvalue weighted by Crippen LogP contribution is -2.07. The molecule has 2 aromatic heterocycles. The smallest absolute Gasteiger partial charge is 0.129 e. The van der Waals surface area contributed by atoms with Crippen molar-refractivity contribution < 1.29 is 0 Å². The van der Waals surface area contributed by atoms with Crippen LogP contribution in [0.3, 0.4) is 0 Å². The van der Waals surface area contributed by atoms with Gasteiger partial charge in [-0.05, 0) is 13.3 Å². The lowest BCUT2D eigenvalue weighted by Gasteiger charge is -2.05. The minimum atomic E-state index is 0.853. The van der Waals surface area contributed by atoms with Crippen LogP contribution in [0, 0.1) is 6.92 Å². The summed E-state index contributed by atoms with van der Waals surface area (Å²) in [4.78, 5) is 12.9. The third-order valence-electron chi connectivity index (χ3n) is 2.58. The molecule has 1 N–H and O–H groups in total. The van der Waals surface area contributed by atoms with Crippen LogP contribution in [0.4, 0.5) is 5.82 Å².